The Morgan fingerprint density at radius 2 is 1.45 bits per heavy atom. The second-order valence-electron chi connectivity index (χ2n) is 6.37. The van der Waals surface area contributed by atoms with E-state index in [9.17, 15) is 22.8 Å². The highest BCUT2D eigenvalue weighted by Gasteiger charge is 2.38. The van der Waals surface area contributed by atoms with E-state index in [-0.39, 0.29) is 34.7 Å². The molecule has 0 N–H and O–H groups in total. The van der Waals surface area contributed by atoms with Crippen LogP contribution in [-0.2, 0) is 19.6 Å². The van der Waals surface area contributed by atoms with Crippen molar-refractivity contribution in [3.63, 3.8) is 0 Å². The number of imide groups is 1. The molecule has 1 saturated heterocycles. The van der Waals surface area contributed by atoms with Crippen molar-refractivity contribution in [2.24, 2.45) is 0 Å². The molecule has 0 atom stereocenters. The largest absolute Gasteiger partial charge is 0.379 e. The van der Waals surface area contributed by atoms with Gasteiger partial charge in [0.1, 0.15) is 0 Å². The van der Waals surface area contributed by atoms with Gasteiger partial charge >= 0.3 is 5.97 Å². The van der Waals surface area contributed by atoms with E-state index < -0.39 is 27.8 Å². The third kappa shape index (κ3) is 3.41. The van der Waals surface area contributed by atoms with Gasteiger partial charge < -0.3 is 9.57 Å². The molecule has 9 nitrogen and oxygen atoms in total. The van der Waals surface area contributed by atoms with Gasteiger partial charge in [0.2, 0.25) is 10.0 Å². The summed E-state index contributed by atoms with van der Waals surface area (Å²) in [6, 6.07) is 11.2. The Morgan fingerprint density at radius 1 is 0.897 bits per heavy atom. The van der Waals surface area contributed by atoms with Crippen LogP contribution in [0.1, 0.15) is 31.1 Å². The van der Waals surface area contributed by atoms with Crippen LogP contribution < -0.4 is 0 Å². The number of hydrogen-bond donors (Lipinski definition) is 0. The normalized spacial score (nSPS) is 17.3. The Bertz CT molecular complexity index is 1050. The molecule has 1 fully saturated rings. The zero-order valence-electron chi connectivity index (χ0n) is 15.1. The Kier molecular flexibility index (Phi) is 4.91. The standard InChI is InChI=1S/C19H16N2O7S/c22-17-15-3-1-2-4-16(15)18(23)21(17)28-19(24)13-5-7-14(8-6-13)29(25,26)20-9-11-27-12-10-20/h1-8H,9-12H2. The molecule has 2 aliphatic heterocycles. The van der Waals surface area contributed by atoms with Crippen molar-refractivity contribution in [3.05, 3.63) is 65.2 Å². The van der Waals surface area contributed by atoms with Crippen molar-refractivity contribution in [3.8, 4) is 0 Å². The first-order valence-electron chi connectivity index (χ1n) is 8.77. The molecule has 2 aliphatic rings. The lowest BCUT2D eigenvalue weighted by Crippen LogP contribution is -2.40. The molecular weight excluding hydrogens is 400 g/mol. The summed E-state index contributed by atoms with van der Waals surface area (Å²) in [5.74, 6) is -2.41. The van der Waals surface area contributed by atoms with E-state index in [1.165, 1.54) is 40.7 Å². The van der Waals surface area contributed by atoms with Crippen LogP contribution in [0.4, 0.5) is 0 Å². The molecule has 2 aromatic carbocycles. The van der Waals surface area contributed by atoms with Crippen LogP contribution in [0, 0.1) is 0 Å². The number of carbonyl (C=O) groups is 3. The Hall–Kier alpha value is -3.08. The highest BCUT2D eigenvalue weighted by atomic mass is 32.2. The number of rotatable bonds is 4. The summed E-state index contributed by atoms with van der Waals surface area (Å²) in [5, 5.41) is 0.408. The van der Waals surface area contributed by atoms with Crippen LogP contribution in [-0.4, -0.2) is 61.9 Å². The van der Waals surface area contributed by atoms with E-state index in [0.29, 0.717) is 18.3 Å². The molecule has 0 radical (unpaired) electrons. The van der Waals surface area contributed by atoms with E-state index in [4.69, 9.17) is 9.57 Å². The van der Waals surface area contributed by atoms with Crippen LogP contribution in [0.25, 0.3) is 0 Å². The van der Waals surface area contributed by atoms with E-state index in [2.05, 4.69) is 0 Å². The van der Waals surface area contributed by atoms with Gasteiger partial charge in [-0.15, -0.1) is 0 Å². The maximum atomic E-state index is 12.6. The van der Waals surface area contributed by atoms with Gasteiger partial charge in [-0.05, 0) is 36.4 Å². The lowest BCUT2D eigenvalue weighted by molar-refractivity contribution is -0.0584. The van der Waals surface area contributed by atoms with Gasteiger partial charge in [-0.3, -0.25) is 9.59 Å². The van der Waals surface area contributed by atoms with Gasteiger partial charge in [0.25, 0.3) is 11.8 Å². The van der Waals surface area contributed by atoms with E-state index in [1.54, 1.807) is 12.1 Å². The van der Waals surface area contributed by atoms with Crippen molar-refractivity contribution >= 4 is 27.8 Å². The first kappa shape index (κ1) is 19.2. The summed E-state index contributed by atoms with van der Waals surface area (Å²) < 4.78 is 31.7. The number of hydroxylamine groups is 2. The number of amides is 2. The minimum atomic E-state index is -3.70. The fourth-order valence-electron chi connectivity index (χ4n) is 3.08. The van der Waals surface area contributed by atoms with Crippen molar-refractivity contribution in [1.29, 1.82) is 0 Å². The van der Waals surface area contributed by atoms with Gasteiger partial charge in [0.05, 0.1) is 34.8 Å². The number of nitrogens with zero attached hydrogens (tertiary/aromatic N) is 2. The molecule has 0 spiro atoms. The molecular formula is C19H16N2O7S. The predicted molar refractivity (Wildman–Crippen MR) is 98.4 cm³/mol. The van der Waals surface area contributed by atoms with Crippen molar-refractivity contribution in [2.45, 2.75) is 4.90 Å². The number of hydrogen-bond acceptors (Lipinski definition) is 7. The molecule has 150 valence electrons. The molecule has 0 saturated carbocycles. The maximum Gasteiger partial charge on any atom is 0.363 e. The van der Waals surface area contributed by atoms with Gasteiger partial charge in [-0.2, -0.15) is 4.31 Å². The molecule has 2 amide bonds. The van der Waals surface area contributed by atoms with E-state index in [0.717, 1.165) is 0 Å². The number of benzene rings is 2. The average molecular weight is 416 g/mol. The van der Waals surface area contributed by atoms with Crippen molar-refractivity contribution in [1.82, 2.24) is 9.37 Å². The predicted octanol–water partition coefficient (Wildman–Crippen LogP) is 1.08. The summed E-state index contributed by atoms with van der Waals surface area (Å²) in [7, 11) is -3.70. The average Bonchev–Trinajstić information content (AvgIpc) is 2.99. The Balaban J connectivity index is 1.49. The SMILES string of the molecule is O=C(ON1C(=O)c2ccccc2C1=O)c1ccc(S(=O)(=O)N2CCOCC2)cc1. The first-order chi connectivity index (χ1) is 13.9. The van der Waals surface area contributed by atoms with Gasteiger partial charge in [-0.25, -0.2) is 13.2 Å². The first-order valence-corrected chi connectivity index (χ1v) is 10.2. The second kappa shape index (κ2) is 7.39. The maximum absolute atomic E-state index is 12.6. The molecule has 4 rings (SSSR count). The highest BCUT2D eigenvalue weighted by molar-refractivity contribution is 7.89. The van der Waals surface area contributed by atoms with Crippen LogP contribution in [0.15, 0.2) is 53.4 Å². The zero-order valence-corrected chi connectivity index (χ0v) is 15.9. The van der Waals surface area contributed by atoms with Gasteiger partial charge in [0.15, 0.2) is 0 Å². The quantitative estimate of drug-likeness (QED) is 0.686. The molecule has 0 unspecified atom stereocenters. The van der Waals surface area contributed by atoms with Crippen molar-refractivity contribution in [2.75, 3.05) is 26.3 Å². The monoisotopic (exact) mass is 416 g/mol. The van der Waals surface area contributed by atoms with Crippen LogP contribution in [0.3, 0.4) is 0 Å². The molecule has 0 bridgehead atoms. The smallest absolute Gasteiger partial charge is 0.363 e. The summed E-state index contributed by atoms with van der Waals surface area (Å²) in [5.41, 5.74) is 0.303. The van der Waals surface area contributed by atoms with E-state index >= 15 is 0 Å². The van der Waals surface area contributed by atoms with Gasteiger partial charge in [0, 0.05) is 13.1 Å². The minimum absolute atomic E-state index is 0.00230. The molecule has 0 aromatic heterocycles. The number of morpholine rings is 1. The number of carbonyl (C=O) groups excluding carboxylic acids is 3. The molecule has 0 aliphatic carbocycles. The fourth-order valence-corrected chi connectivity index (χ4v) is 4.49. The summed E-state index contributed by atoms with van der Waals surface area (Å²) in [6.07, 6.45) is 0. The summed E-state index contributed by atoms with van der Waals surface area (Å²) in [6.45, 7) is 1.16. The number of fused-ring (bicyclic) bond motifs is 1. The van der Waals surface area contributed by atoms with E-state index in [1.807, 2.05) is 0 Å². The molecule has 2 heterocycles. The van der Waals surface area contributed by atoms with Crippen LogP contribution in [0.5, 0.6) is 0 Å². The second-order valence-corrected chi connectivity index (χ2v) is 8.31. The number of ether oxygens (including phenoxy) is 1. The van der Waals surface area contributed by atoms with Crippen LogP contribution >= 0.6 is 0 Å². The van der Waals surface area contributed by atoms with Crippen LogP contribution in [0.2, 0.25) is 0 Å². The highest BCUT2D eigenvalue weighted by Crippen LogP contribution is 2.24. The lowest BCUT2D eigenvalue weighted by Gasteiger charge is -2.26. The topological polar surface area (TPSA) is 110 Å². The van der Waals surface area contributed by atoms with Crippen molar-refractivity contribution < 1.29 is 32.4 Å². The van der Waals surface area contributed by atoms with Gasteiger partial charge in [-0.1, -0.05) is 17.2 Å². The Labute approximate surface area is 166 Å². The third-order valence-corrected chi connectivity index (χ3v) is 6.54. The zero-order chi connectivity index (χ0) is 20.6. The fraction of sp³-hybridized carbons (Fsp3) is 0.211. The summed E-state index contributed by atoms with van der Waals surface area (Å²) >= 11 is 0. The summed E-state index contributed by atoms with van der Waals surface area (Å²) in [4.78, 5) is 41.9. The molecule has 29 heavy (non-hydrogen) atoms. The third-order valence-electron chi connectivity index (χ3n) is 4.63. The Morgan fingerprint density at radius 3 is 2.00 bits per heavy atom. The molecule has 2 aromatic rings. The molecule has 10 heteroatoms. The lowest BCUT2D eigenvalue weighted by atomic mass is 10.1. The number of sulfonamides is 1. The minimum Gasteiger partial charge on any atom is -0.379 e.